The monoisotopic (exact) mass is 534 g/mol. The SMILES string of the molecule is CCOc1ccc(-c2csc(NC(=O)CSc3ccc(NC(=O)c4ccc([N+](=O)[O-])cc4)cc3)n2)cc1. The number of thiazole rings is 1. The Balaban J connectivity index is 1.25. The highest BCUT2D eigenvalue weighted by molar-refractivity contribution is 8.00. The lowest BCUT2D eigenvalue weighted by molar-refractivity contribution is -0.384. The predicted molar refractivity (Wildman–Crippen MR) is 146 cm³/mol. The number of hydrogen-bond acceptors (Lipinski definition) is 8. The number of thioether (sulfide) groups is 1. The number of carbonyl (C=O) groups is 2. The molecular weight excluding hydrogens is 512 g/mol. The molecule has 2 N–H and O–H groups in total. The van der Waals surface area contributed by atoms with Gasteiger partial charge in [-0.25, -0.2) is 4.98 Å². The molecule has 11 heteroatoms. The summed E-state index contributed by atoms with van der Waals surface area (Å²) in [4.78, 5) is 40.3. The Morgan fingerprint density at radius 2 is 1.70 bits per heavy atom. The summed E-state index contributed by atoms with van der Waals surface area (Å²) in [5, 5.41) is 18.7. The molecule has 0 aliphatic rings. The van der Waals surface area contributed by atoms with Gasteiger partial charge in [0.1, 0.15) is 5.75 Å². The zero-order valence-electron chi connectivity index (χ0n) is 19.7. The number of anilines is 2. The third kappa shape index (κ3) is 7.15. The zero-order chi connectivity index (χ0) is 26.2. The van der Waals surface area contributed by atoms with Crippen molar-refractivity contribution in [2.45, 2.75) is 11.8 Å². The highest BCUT2D eigenvalue weighted by Gasteiger charge is 2.11. The topological polar surface area (TPSA) is 123 Å². The van der Waals surface area contributed by atoms with E-state index in [0.29, 0.717) is 23.0 Å². The first kappa shape index (κ1) is 25.9. The second kappa shape index (κ2) is 12.2. The van der Waals surface area contributed by atoms with E-state index in [9.17, 15) is 19.7 Å². The van der Waals surface area contributed by atoms with Crippen LogP contribution in [0.1, 0.15) is 17.3 Å². The van der Waals surface area contributed by atoms with Gasteiger partial charge in [-0.15, -0.1) is 23.1 Å². The van der Waals surface area contributed by atoms with Crippen molar-refractivity contribution in [3.63, 3.8) is 0 Å². The Labute approximate surface area is 221 Å². The van der Waals surface area contributed by atoms with Gasteiger partial charge in [0, 0.05) is 39.2 Å². The quantitative estimate of drug-likeness (QED) is 0.143. The van der Waals surface area contributed by atoms with E-state index < -0.39 is 4.92 Å². The number of ether oxygens (including phenoxy) is 1. The number of amides is 2. The summed E-state index contributed by atoms with van der Waals surface area (Å²) in [5.74, 6) is 0.453. The zero-order valence-corrected chi connectivity index (χ0v) is 21.3. The molecule has 4 aromatic rings. The Bertz CT molecular complexity index is 1390. The van der Waals surface area contributed by atoms with E-state index in [0.717, 1.165) is 21.9 Å². The molecule has 0 radical (unpaired) electrons. The van der Waals surface area contributed by atoms with E-state index in [1.807, 2.05) is 36.6 Å². The number of nitro benzene ring substituents is 1. The number of benzene rings is 3. The molecule has 1 heterocycles. The number of nitrogens with one attached hydrogen (secondary N) is 2. The standard InChI is InChI=1S/C26H22N4O5S2/c1-2-35-21-11-5-17(6-12-21)23-15-37-26(28-23)29-24(31)16-36-22-13-7-19(8-14-22)27-25(32)18-3-9-20(10-4-18)30(33)34/h3-15H,2,16H2,1H3,(H,27,32)(H,28,29,31). The van der Waals surface area contributed by atoms with Gasteiger partial charge in [0.2, 0.25) is 5.91 Å². The minimum atomic E-state index is -0.518. The normalized spacial score (nSPS) is 10.5. The van der Waals surface area contributed by atoms with Crippen LogP contribution in [0.15, 0.2) is 83.1 Å². The third-order valence-electron chi connectivity index (χ3n) is 5.03. The molecule has 9 nitrogen and oxygen atoms in total. The molecule has 188 valence electrons. The van der Waals surface area contributed by atoms with Crippen LogP contribution in [0.5, 0.6) is 5.75 Å². The molecule has 37 heavy (non-hydrogen) atoms. The molecule has 0 saturated heterocycles. The number of carbonyl (C=O) groups excluding carboxylic acids is 2. The fourth-order valence-corrected chi connectivity index (χ4v) is 4.66. The minimum Gasteiger partial charge on any atom is -0.494 e. The van der Waals surface area contributed by atoms with Crippen LogP contribution in [0, 0.1) is 10.1 Å². The molecule has 0 aliphatic heterocycles. The van der Waals surface area contributed by atoms with Gasteiger partial charge < -0.3 is 15.4 Å². The van der Waals surface area contributed by atoms with Gasteiger partial charge >= 0.3 is 0 Å². The minimum absolute atomic E-state index is 0.0788. The maximum atomic E-state index is 12.4. The number of rotatable bonds is 10. The Hall–Kier alpha value is -4.22. The number of nitro groups is 1. The summed E-state index contributed by atoms with van der Waals surface area (Å²) in [7, 11) is 0. The lowest BCUT2D eigenvalue weighted by Gasteiger charge is -2.07. The van der Waals surface area contributed by atoms with Crippen molar-refractivity contribution >= 4 is 51.4 Å². The fourth-order valence-electron chi connectivity index (χ4n) is 3.23. The molecule has 4 rings (SSSR count). The van der Waals surface area contributed by atoms with Crippen LogP contribution in [0.4, 0.5) is 16.5 Å². The Morgan fingerprint density at radius 1 is 1.00 bits per heavy atom. The van der Waals surface area contributed by atoms with Crippen LogP contribution in [0.3, 0.4) is 0 Å². The maximum Gasteiger partial charge on any atom is 0.269 e. The number of nitrogens with zero attached hydrogens (tertiary/aromatic N) is 2. The number of hydrogen-bond donors (Lipinski definition) is 2. The smallest absolute Gasteiger partial charge is 0.269 e. The third-order valence-corrected chi connectivity index (χ3v) is 6.80. The maximum absolute atomic E-state index is 12.4. The molecule has 0 fully saturated rings. The average molecular weight is 535 g/mol. The molecule has 0 unspecified atom stereocenters. The molecule has 0 bridgehead atoms. The predicted octanol–water partition coefficient (Wildman–Crippen LogP) is 6.10. The summed E-state index contributed by atoms with van der Waals surface area (Å²) < 4.78 is 5.46. The molecule has 0 spiro atoms. The second-order valence-corrected chi connectivity index (χ2v) is 9.52. The average Bonchev–Trinajstić information content (AvgIpc) is 3.37. The van der Waals surface area contributed by atoms with Crippen molar-refractivity contribution < 1.29 is 19.2 Å². The van der Waals surface area contributed by atoms with Crippen LogP contribution in [0.2, 0.25) is 0 Å². The first-order chi connectivity index (χ1) is 17.9. The van der Waals surface area contributed by atoms with Crippen molar-refractivity contribution in [2.75, 3.05) is 23.0 Å². The van der Waals surface area contributed by atoms with Crippen LogP contribution in [-0.2, 0) is 4.79 Å². The van der Waals surface area contributed by atoms with E-state index in [-0.39, 0.29) is 23.3 Å². The lowest BCUT2D eigenvalue weighted by atomic mass is 10.2. The van der Waals surface area contributed by atoms with Gasteiger partial charge in [-0.05, 0) is 67.6 Å². The molecule has 3 aromatic carbocycles. The summed E-state index contributed by atoms with van der Waals surface area (Å²) in [5.41, 5.74) is 2.53. The lowest BCUT2D eigenvalue weighted by Crippen LogP contribution is -2.13. The van der Waals surface area contributed by atoms with Gasteiger partial charge in [0.15, 0.2) is 5.13 Å². The van der Waals surface area contributed by atoms with Crippen LogP contribution in [-0.4, -0.2) is 34.1 Å². The Morgan fingerprint density at radius 3 is 2.35 bits per heavy atom. The highest BCUT2D eigenvalue weighted by Crippen LogP contribution is 2.27. The molecular formula is C26H22N4O5S2. The molecule has 0 aliphatic carbocycles. The van der Waals surface area contributed by atoms with E-state index in [4.69, 9.17) is 4.74 Å². The van der Waals surface area contributed by atoms with Crippen molar-refractivity contribution in [1.29, 1.82) is 0 Å². The van der Waals surface area contributed by atoms with Crippen LogP contribution >= 0.6 is 23.1 Å². The summed E-state index contributed by atoms with van der Waals surface area (Å²) in [6.07, 6.45) is 0. The summed E-state index contributed by atoms with van der Waals surface area (Å²) >= 11 is 2.72. The van der Waals surface area contributed by atoms with Gasteiger partial charge in [-0.3, -0.25) is 19.7 Å². The molecule has 0 saturated carbocycles. The van der Waals surface area contributed by atoms with Gasteiger partial charge in [-0.1, -0.05) is 0 Å². The van der Waals surface area contributed by atoms with E-state index in [1.54, 1.807) is 24.3 Å². The summed E-state index contributed by atoms with van der Waals surface area (Å²) in [6.45, 7) is 2.54. The number of non-ortho nitro benzene ring substituents is 1. The van der Waals surface area contributed by atoms with Crippen LogP contribution < -0.4 is 15.4 Å². The van der Waals surface area contributed by atoms with Crippen molar-refractivity contribution in [3.8, 4) is 17.0 Å². The first-order valence-corrected chi connectivity index (χ1v) is 13.0. The van der Waals surface area contributed by atoms with E-state index in [2.05, 4.69) is 15.6 Å². The molecule has 0 atom stereocenters. The molecule has 1 aromatic heterocycles. The van der Waals surface area contributed by atoms with Crippen molar-refractivity contribution in [2.24, 2.45) is 0 Å². The van der Waals surface area contributed by atoms with Crippen LogP contribution in [0.25, 0.3) is 11.3 Å². The van der Waals surface area contributed by atoms with E-state index in [1.165, 1.54) is 47.4 Å². The number of aromatic nitrogens is 1. The second-order valence-electron chi connectivity index (χ2n) is 7.61. The van der Waals surface area contributed by atoms with E-state index >= 15 is 0 Å². The van der Waals surface area contributed by atoms with Gasteiger partial charge in [-0.2, -0.15) is 0 Å². The van der Waals surface area contributed by atoms with Crippen molar-refractivity contribution in [1.82, 2.24) is 4.98 Å². The largest absolute Gasteiger partial charge is 0.494 e. The Kier molecular flexibility index (Phi) is 8.49. The van der Waals surface area contributed by atoms with Gasteiger partial charge in [0.05, 0.1) is 23.0 Å². The van der Waals surface area contributed by atoms with Crippen molar-refractivity contribution in [3.05, 3.63) is 93.9 Å². The summed E-state index contributed by atoms with van der Waals surface area (Å²) in [6, 6.07) is 20.1. The fraction of sp³-hybridized carbons (Fsp3) is 0.115. The highest BCUT2D eigenvalue weighted by atomic mass is 32.2. The van der Waals surface area contributed by atoms with Gasteiger partial charge in [0.25, 0.3) is 11.6 Å². The first-order valence-electron chi connectivity index (χ1n) is 11.2. The molecule has 2 amide bonds.